The lowest BCUT2D eigenvalue weighted by atomic mass is 10.1. The Balaban J connectivity index is 1.82. The number of halogens is 1. The number of nitrogens with one attached hydrogen (secondary N) is 2. The first-order chi connectivity index (χ1) is 10.2. The quantitative estimate of drug-likeness (QED) is 0.810. The lowest BCUT2D eigenvalue weighted by molar-refractivity contribution is -0.115. The molecule has 3 nitrogen and oxygen atoms in total. The van der Waals surface area contributed by atoms with Gasteiger partial charge in [-0.05, 0) is 36.2 Å². The first-order valence-corrected chi connectivity index (χ1v) is 7.85. The van der Waals surface area contributed by atoms with E-state index in [9.17, 15) is 4.79 Å². The first kappa shape index (κ1) is 15.6. The Bertz CT molecular complexity index is 613. The minimum atomic E-state index is 0.00887. The molecule has 1 amide bonds. The fraction of sp³-hybridized carbons (Fsp3) is 0.235. The van der Waals surface area contributed by atoms with Crippen LogP contribution in [-0.4, -0.2) is 12.5 Å². The van der Waals surface area contributed by atoms with Crippen LogP contribution < -0.4 is 10.6 Å². The highest BCUT2D eigenvalue weighted by atomic mass is 79.9. The Labute approximate surface area is 133 Å². The maximum absolute atomic E-state index is 11.9. The van der Waals surface area contributed by atoms with Gasteiger partial charge in [0.25, 0.3) is 0 Å². The molecule has 0 bridgehead atoms. The van der Waals surface area contributed by atoms with Crippen molar-refractivity contribution in [2.24, 2.45) is 0 Å². The predicted octanol–water partition coefficient (Wildman–Crippen LogP) is 4.45. The second-order valence-electron chi connectivity index (χ2n) is 4.75. The van der Waals surface area contributed by atoms with Crippen molar-refractivity contribution in [2.45, 2.75) is 19.8 Å². The molecule has 0 heterocycles. The molecule has 0 atom stereocenters. The number of benzene rings is 2. The number of anilines is 2. The molecular weight excluding hydrogens is 328 g/mol. The van der Waals surface area contributed by atoms with Crippen LogP contribution in [0.25, 0.3) is 0 Å². The summed E-state index contributed by atoms with van der Waals surface area (Å²) in [6, 6.07) is 15.8. The molecule has 0 spiro atoms. The third-order valence-electron chi connectivity index (χ3n) is 3.17. The van der Waals surface area contributed by atoms with Crippen LogP contribution in [-0.2, 0) is 11.2 Å². The van der Waals surface area contributed by atoms with Crippen LogP contribution in [0.2, 0.25) is 0 Å². The maximum Gasteiger partial charge on any atom is 0.226 e. The van der Waals surface area contributed by atoms with Gasteiger partial charge in [-0.2, -0.15) is 0 Å². The van der Waals surface area contributed by atoms with E-state index in [2.05, 4.69) is 39.6 Å². The molecule has 2 aromatic carbocycles. The normalized spacial score (nSPS) is 10.2. The topological polar surface area (TPSA) is 41.1 Å². The largest absolute Gasteiger partial charge is 0.384 e. The Morgan fingerprint density at radius 1 is 1.14 bits per heavy atom. The summed E-state index contributed by atoms with van der Waals surface area (Å²) in [5.41, 5.74) is 3.18. The summed E-state index contributed by atoms with van der Waals surface area (Å²) < 4.78 is 0.954. The van der Waals surface area contributed by atoms with Crippen molar-refractivity contribution in [1.29, 1.82) is 0 Å². The van der Waals surface area contributed by atoms with Crippen LogP contribution in [0.15, 0.2) is 53.0 Å². The van der Waals surface area contributed by atoms with Gasteiger partial charge in [0.1, 0.15) is 0 Å². The number of hydrogen-bond acceptors (Lipinski definition) is 2. The highest BCUT2D eigenvalue weighted by Crippen LogP contribution is 2.17. The fourth-order valence-electron chi connectivity index (χ4n) is 2.10. The lowest BCUT2D eigenvalue weighted by Gasteiger charge is -2.11. The highest BCUT2D eigenvalue weighted by molar-refractivity contribution is 9.10. The van der Waals surface area contributed by atoms with Gasteiger partial charge in [-0.25, -0.2) is 0 Å². The van der Waals surface area contributed by atoms with Crippen LogP contribution >= 0.6 is 15.9 Å². The predicted molar refractivity (Wildman–Crippen MR) is 91.7 cm³/mol. The van der Waals surface area contributed by atoms with Gasteiger partial charge in [0.15, 0.2) is 0 Å². The van der Waals surface area contributed by atoms with Gasteiger partial charge in [-0.3, -0.25) is 4.79 Å². The van der Waals surface area contributed by atoms with Crippen molar-refractivity contribution < 1.29 is 4.79 Å². The highest BCUT2D eigenvalue weighted by Gasteiger charge is 2.04. The zero-order chi connectivity index (χ0) is 15.1. The smallest absolute Gasteiger partial charge is 0.226 e. The molecule has 2 N–H and O–H groups in total. The van der Waals surface area contributed by atoms with Crippen molar-refractivity contribution >= 4 is 33.2 Å². The number of amides is 1. The molecular formula is C17H19BrN2O. The van der Waals surface area contributed by atoms with Crippen LogP contribution in [0.1, 0.15) is 18.9 Å². The van der Waals surface area contributed by atoms with Crippen LogP contribution in [0.3, 0.4) is 0 Å². The van der Waals surface area contributed by atoms with Crippen LogP contribution in [0.4, 0.5) is 11.4 Å². The lowest BCUT2D eigenvalue weighted by Crippen LogP contribution is -2.16. The SMILES string of the molecule is CCc1ccccc1NCCC(=O)Nc1cccc(Br)c1. The Hall–Kier alpha value is -1.81. The van der Waals surface area contributed by atoms with E-state index in [4.69, 9.17) is 0 Å². The average molecular weight is 347 g/mol. The Morgan fingerprint density at radius 3 is 2.71 bits per heavy atom. The van der Waals surface area contributed by atoms with Crippen molar-refractivity contribution in [3.8, 4) is 0 Å². The minimum absolute atomic E-state index is 0.00887. The second kappa shape index (κ2) is 7.84. The summed E-state index contributed by atoms with van der Waals surface area (Å²) in [6.45, 7) is 2.75. The van der Waals surface area contributed by atoms with Gasteiger partial charge in [0, 0.05) is 28.8 Å². The third-order valence-corrected chi connectivity index (χ3v) is 3.67. The third kappa shape index (κ3) is 4.90. The number of aryl methyl sites for hydroxylation is 1. The molecule has 110 valence electrons. The van der Waals surface area contributed by atoms with Crippen molar-refractivity contribution in [3.05, 3.63) is 58.6 Å². The van der Waals surface area contributed by atoms with E-state index in [1.807, 2.05) is 42.5 Å². The van der Waals surface area contributed by atoms with Gasteiger partial charge < -0.3 is 10.6 Å². The second-order valence-corrected chi connectivity index (χ2v) is 5.66. The molecule has 0 saturated carbocycles. The molecule has 2 aromatic rings. The summed E-state index contributed by atoms with van der Waals surface area (Å²) in [4.78, 5) is 11.9. The zero-order valence-corrected chi connectivity index (χ0v) is 13.6. The van der Waals surface area contributed by atoms with Gasteiger partial charge in [0.2, 0.25) is 5.91 Å². The summed E-state index contributed by atoms with van der Waals surface area (Å²) in [7, 11) is 0. The number of carbonyl (C=O) groups is 1. The molecule has 21 heavy (non-hydrogen) atoms. The van der Waals surface area contributed by atoms with Crippen molar-refractivity contribution in [3.63, 3.8) is 0 Å². The zero-order valence-electron chi connectivity index (χ0n) is 12.0. The molecule has 4 heteroatoms. The average Bonchev–Trinajstić information content (AvgIpc) is 2.47. The molecule has 0 aliphatic heterocycles. The van der Waals surface area contributed by atoms with Gasteiger partial charge >= 0.3 is 0 Å². The number of hydrogen-bond donors (Lipinski definition) is 2. The summed E-state index contributed by atoms with van der Waals surface area (Å²) >= 11 is 3.39. The molecule has 0 saturated heterocycles. The molecule has 0 aromatic heterocycles. The Morgan fingerprint density at radius 2 is 1.95 bits per heavy atom. The monoisotopic (exact) mass is 346 g/mol. The van der Waals surface area contributed by atoms with Gasteiger partial charge in [-0.1, -0.05) is 47.1 Å². The van der Waals surface area contributed by atoms with Crippen molar-refractivity contribution in [2.75, 3.05) is 17.2 Å². The molecule has 2 rings (SSSR count). The molecule has 0 aliphatic carbocycles. The number of para-hydroxylation sites is 1. The van der Waals surface area contributed by atoms with E-state index in [1.165, 1.54) is 5.56 Å². The minimum Gasteiger partial charge on any atom is -0.384 e. The fourth-order valence-corrected chi connectivity index (χ4v) is 2.50. The van der Waals surface area contributed by atoms with Gasteiger partial charge in [-0.15, -0.1) is 0 Å². The molecule has 0 unspecified atom stereocenters. The summed E-state index contributed by atoms with van der Waals surface area (Å²) in [6.07, 6.45) is 1.41. The van der Waals surface area contributed by atoms with E-state index in [0.29, 0.717) is 13.0 Å². The van der Waals surface area contributed by atoms with E-state index in [0.717, 1.165) is 22.3 Å². The number of carbonyl (C=O) groups excluding carboxylic acids is 1. The molecule has 0 fully saturated rings. The van der Waals surface area contributed by atoms with E-state index >= 15 is 0 Å². The molecule has 0 radical (unpaired) electrons. The number of rotatable bonds is 6. The van der Waals surface area contributed by atoms with Crippen LogP contribution in [0.5, 0.6) is 0 Å². The van der Waals surface area contributed by atoms with E-state index in [1.54, 1.807) is 0 Å². The maximum atomic E-state index is 11.9. The van der Waals surface area contributed by atoms with Crippen molar-refractivity contribution in [1.82, 2.24) is 0 Å². The summed E-state index contributed by atoms with van der Waals surface area (Å²) in [5, 5.41) is 6.21. The van der Waals surface area contributed by atoms with Crippen LogP contribution in [0, 0.1) is 0 Å². The first-order valence-electron chi connectivity index (χ1n) is 7.06. The van der Waals surface area contributed by atoms with E-state index in [-0.39, 0.29) is 5.91 Å². The van der Waals surface area contributed by atoms with Gasteiger partial charge in [0.05, 0.1) is 0 Å². The standard InChI is InChI=1S/C17H19BrN2O/c1-2-13-6-3-4-9-16(13)19-11-10-17(21)20-15-8-5-7-14(18)12-15/h3-9,12,19H,2,10-11H2,1H3,(H,20,21). The Kier molecular flexibility index (Phi) is 5.81. The summed E-state index contributed by atoms with van der Waals surface area (Å²) in [5.74, 6) is 0.00887. The molecule has 0 aliphatic rings. The van der Waals surface area contributed by atoms with E-state index < -0.39 is 0 Å².